The first-order chi connectivity index (χ1) is 8.61. The van der Waals surface area contributed by atoms with Crippen molar-refractivity contribution < 1.29 is 5.11 Å². The van der Waals surface area contributed by atoms with Crippen molar-refractivity contribution in [1.29, 1.82) is 0 Å². The molecule has 1 atom stereocenters. The Kier molecular flexibility index (Phi) is 4.74. The van der Waals surface area contributed by atoms with Gasteiger partial charge in [0.25, 0.3) is 0 Å². The van der Waals surface area contributed by atoms with Crippen molar-refractivity contribution >= 4 is 38.5 Å². The van der Waals surface area contributed by atoms with Gasteiger partial charge >= 0.3 is 0 Å². The standard InChI is InChI=1S/C12H13BrIN3O/c1-2-17-12(15-7-16-17)6-11(18)9-5-8(14)3-4-10(9)13/h3-5,7,11,18H,2,6H2,1H3. The molecule has 18 heavy (non-hydrogen) atoms. The summed E-state index contributed by atoms with van der Waals surface area (Å²) in [4.78, 5) is 4.18. The van der Waals surface area contributed by atoms with Crippen LogP contribution in [0.4, 0.5) is 0 Å². The molecule has 0 aliphatic rings. The van der Waals surface area contributed by atoms with Crippen LogP contribution in [0, 0.1) is 3.57 Å². The number of aliphatic hydroxyl groups is 1. The van der Waals surface area contributed by atoms with E-state index in [1.54, 1.807) is 4.68 Å². The average Bonchev–Trinajstić information content (AvgIpc) is 2.79. The van der Waals surface area contributed by atoms with Crippen LogP contribution in [-0.2, 0) is 13.0 Å². The van der Waals surface area contributed by atoms with E-state index in [-0.39, 0.29) is 0 Å². The fourth-order valence-corrected chi connectivity index (χ4v) is 2.79. The van der Waals surface area contributed by atoms with E-state index in [4.69, 9.17) is 0 Å². The fourth-order valence-electron chi connectivity index (χ4n) is 1.76. The van der Waals surface area contributed by atoms with Crippen molar-refractivity contribution in [2.45, 2.75) is 26.0 Å². The van der Waals surface area contributed by atoms with Crippen LogP contribution < -0.4 is 0 Å². The molecule has 96 valence electrons. The second kappa shape index (κ2) is 6.12. The highest BCUT2D eigenvalue weighted by atomic mass is 127. The van der Waals surface area contributed by atoms with E-state index in [1.807, 2.05) is 25.1 Å². The van der Waals surface area contributed by atoms with Crippen molar-refractivity contribution in [2.75, 3.05) is 0 Å². The first-order valence-corrected chi connectivity index (χ1v) is 7.48. The molecule has 0 spiro atoms. The topological polar surface area (TPSA) is 50.9 Å². The second-order valence-electron chi connectivity index (χ2n) is 3.88. The van der Waals surface area contributed by atoms with E-state index in [0.717, 1.165) is 26.0 Å². The maximum absolute atomic E-state index is 10.3. The van der Waals surface area contributed by atoms with Crippen molar-refractivity contribution in [1.82, 2.24) is 14.8 Å². The predicted octanol–water partition coefficient (Wildman–Crippen LogP) is 2.94. The van der Waals surface area contributed by atoms with Gasteiger partial charge in [0.2, 0.25) is 0 Å². The zero-order chi connectivity index (χ0) is 13.1. The van der Waals surface area contributed by atoms with E-state index in [2.05, 4.69) is 48.6 Å². The smallest absolute Gasteiger partial charge is 0.138 e. The lowest BCUT2D eigenvalue weighted by Crippen LogP contribution is -2.10. The van der Waals surface area contributed by atoms with Gasteiger partial charge in [0.15, 0.2) is 0 Å². The molecule has 0 saturated heterocycles. The number of hydrogen-bond donors (Lipinski definition) is 1. The number of nitrogens with zero attached hydrogens (tertiary/aromatic N) is 3. The van der Waals surface area contributed by atoms with Gasteiger partial charge in [0, 0.05) is 21.0 Å². The maximum Gasteiger partial charge on any atom is 0.138 e. The summed E-state index contributed by atoms with van der Waals surface area (Å²) in [6.45, 7) is 2.77. The number of aryl methyl sites for hydroxylation is 1. The minimum Gasteiger partial charge on any atom is -0.388 e. The summed E-state index contributed by atoms with van der Waals surface area (Å²) in [6, 6.07) is 5.92. The molecule has 2 aromatic rings. The molecule has 1 aromatic carbocycles. The lowest BCUT2D eigenvalue weighted by atomic mass is 10.1. The van der Waals surface area contributed by atoms with Gasteiger partial charge < -0.3 is 5.11 Å². The Labute approximate surface area is 128 Å². The molecule has 2 rings (SSSR count). The third-order valence-electron chi connectivity index (χ3n) is 2.69. The van der Waals surface area contributed by atoms with Crippen LogP contribution in [0.1, 0.15) is 24.4 Å². The normalized spacial score (nSPS) is 12.7. The molecule has 1 N–H and O–H groups in total. The molecule has 1 unspecified atom stereocenters. The van der Waals surface area contributed by atoms with Gasteiger partial charge in [-0.3, -0.25) is 4.68 Å². The summed E-state index contributed by atoms with van der Waals surface area (Å²) >= 11 is 5.70. The Morgan fingerprint density at radius 2 is 2.28 bits per heavy atom. The highest BCUT2D eigenvalue weighted by Crippen LogP contribution is 2.27. The zero-order valence-corrected chi connectivity index (χ0v) is 13.6. The molecule has 0 radical (unpaired) electrons. The average molecular weight is 422 g/mol. The molecule has 1 aromatic heterocycles. The van der Waals surface area contributed by atoms with Gasteiger partial charge in [-0.25, -0.2) is 4.98 Å². The molecule has 0 fully saturated rings. The molecule has 4 nitrogen and oxygen atoms in total. The van der Waals surface area contributed by atoms with E-state index in [9.17, 15) is 5.11 Å². The van der Waals surface area contributed by atoms with E-state index < -0.39 is 6.10 Å². The first kappa shape index (κ1) is 14.0. The number of benzene rings is 1. The van der Waals surface area contributed by atoms with Gasteiger partial charge in [-0.1, -0.05) is 15.9 Å². The van der Waals surface area contributed by atoms with Crippen molar-refractivity contribution in [3.63, 3.8) is 0 Å². The summed E-state index contributed by atoms with van der Waals surface area (Å²) < 4.78 is 3.81. The van der Waals surface area contributed by atoms with Crippen molar-refractivity contribution in [2.24, 2.45) is 0 Å². The number of rotatable bonds is 4. The molecule has 0 amide bonds. The van der Waals surface area contributed by atoms with Crippen LogP contribution in [-0.4, -0.2) is 19.9 Å². The Morgan fingerprint density at radius 3 is 3.00 bits per heavy atom. The maximum atomic E-state index is 10.3. The van der Waals surface area contributed by atoms with Gasteiger partial charge in [-0.15, -0.1) is 0 Å². The summed E-state index contributed by atoms with van der Waals surface area (Å²) in [7, 11) is 0. The molecular formula is C12H13BrIN3O. The molecule has 6 heteroatoms. The highest BCUT2D eigenvalue weighted by molar-refractivity contribution is 14.1. The third-order valence-corrected chi connectivity index (χ3v) is 4.08. The molecule has 0 aliphatic carbocycles. The van der Waals surface area contributed by atoms with Gasteiger partial charge in [-0.2, -0.15) is 5.10 Å². The number of aromatic nitrogens is 3. The lowest BCUT2D eigenvalue weighted by Gasteiger charge is -2.13. The summed E-state index contributed by atoms with van der Waals surface area (Å²) in [6.07, 6.45) is 1.41. The number of halogens is 2. The van der Waals surface area contributed by atoms with Crippen LogP contribution in [0.2, 0.25) is 0 Å². The van der Waals surface area contributed by atoms with Crippen molar-refractivity contribution in [3.05, 3.63) is 44.0 Å². The molecule has 0 saturated carbocycles. The van der Waals surface area contributed by atoms with Crippen LogP contribution in [0.15, 0.2) is 29.0 Å². The van der Waals surface area contributed by atoms with Crippen molar-refractivity contribution in [3.8, 4) is 0 Å². The molecule has 0 bridgehead atoms. The molecule has 0 aliphatic heterocycles. The van der Waals surface area contributed by atoms with Crippen LogP contribution in [0.25, 0.3) is 0 Å². The number of hydrogen-bond acceptors (Lipinski definition) is 3. The second-order valence-corrected chi connectivity index (χ2v) is 5.98. The summed E-state index contributed by atoms with van der Waals surface area (Å²) in [5, 5.41) is 14.4. The van der Waals surface area contributed by atoms with Gasteiger partial charge in [0.05, 0.1) is 6.10 Å². The fraction of sp³-hybridized carbons (Fsp3) is 0.333. The Bertz CT molecular complexity index is 544. The van der Waals surface area contributed by atoms with Gasteiger partial charge in [0.1, 0.15) is 12.2 Å². The van der Waals surface area contributed by atoms with E-state index in [1.165, 1.54) is 6.33 Å². The minimum atomic E-state index is -0.580. The predicted molar refractivity (Wildman–Crippen MR) is 81.2 cm³/mol. The quantitative estimate of drug-likeness (QED) is 0.772. The lowest BCUT2D eigenvalue weighted by molar-refractivity contribution is 0.173. The molecule has 1 heterocycles. The van der Waals surface area contributed by atoms with Gasteiger partial charge in [-0.05, 0) is 53.3 Å². The first-order valence-electron chi connectivity index (χ1n) is 5.61. The SMILES string of the molecule is CCn1ncnc1CC(O)c1cc(I)ccc1Br. The Balaban J connectivity index is 2.21. The Morgan fingerprint density at radius 1 is 1.50 bits per heavy atom. The Hall–Kier alpha value is -0.470. The molecular weight excluding hydrogens is 409 g/mol. The van der Waals surface area contributed by atoms with Crippen LogP contribution in [0.3, 0.4) is 0 Å². The number of aliphatic hydroxyl groups excluding tert-OH is 1. The summed E-state index contributed by atoms with van der Waals surface area (Å²) in [5.74, 6) is 0.802. The third kappa shape index (κ3) is 3.10. The van der Waals surface area contributed by atoms with E-state index >= 15 is 0 Å². The monoisotopic (exact) mass is 421 g/mol. The summed E-state index contributed by atoms with van der Waals surface area (Å²) in [5.41, 5.74) is 0.882. The minimum absolute atomic E-state index is 0.465. The zero-order valence-electron chi connectivity index (χ0n) is 9.85. The van der Waals surface area contributed by atoms with E-state index in [0.29, 0.717) is 6.42 Å². The van der Waals surface area contributed by atoms with Crippen LogP contribution in [0.5, 0.6) is 0 Å². The largest absolute Gasteiger partial charge is 0.388 e. The van der Waals surface area contributed by atoms with Crippen LogP contribution >= 0.6 is 38.5 Å². The highest BCUT2D eigenvalue weighted by Gasteiger charge is 2.15.